The highest BCUT2D eigenvalue weighted by Gasteiger charge is 2.52. The Balaban J connectivity index is 1.96. The Morgan fingerprint density at radius 2 is 2.24 bits per heavy atom. The molecule has 90 valence electrons. The number of amides is 2. The molecule has 2 fully saturated rings. The van der Waals surface area contributed by atoms with E-state index in [0.29, 0.717) is 0 Å². The highest BCUT2D eigenvalue weighted by Crippen LogP contribution is 2.38. The van der Waals surface area contributed by atoms with Crippen LogP contribution in [0.25, 0.3) is 0 Å². The number of aromatic nitrogens is 1. The van der Waals surface area contributed by atoms with E-state index in [9.17, 15) is 18.0 Å². The third kappa shape index (κ3) is 1.62. The van der Waals surface area contributed by atoms with Crippen LogP contribution < -0.4 is 10.2 Å². The second-order valence-electron chi connectivity index (χ2n) is 4.13. The molecule has 4 nitrogen and oxygen atoms in total. The fourth-order valence-corrected chi connectivity index (χ4v) is 2.03. The Bertz CT molecular complexity index is 488. The lowest BCUT2D eigenvalue weighted by atomic mass is 10.3. The maximum atomic E-state index is 12.5. The van der Waals surface area contributed by atoms with Gasteiger partial charge in [0.1, 0.15) is 5.69 Å². The van der Waals surface area contributed by atoms with E-state index in [0.717, 1.165) is 18.7 Å². The Labute approximate surface area is 94.4 Å². The molecule has 0 spiro atoms. The van der Waals surface area contributed by atoms with Crippen LogP contribution in [-0.2, 0) is 6.18 Å². The number of anilines is 1. The zero-order valence-corrected chi connectivity index (χ0v) is 8.53. The van der Waals surface area contributed by atoms with Crippen molar-refractivity contribution in [3.63, 3.8) is 0 Å². The lowest BCUT2D eigenvalue weighted by Crippen LogP contribution is -2.33. The fourth-order valence-electron chi connectivity index (χ4n) is 2.03. The van der Waals surface area contributed by atoms with Crippen molar-refractivity contribution < 1.29 is 18.0 Å². The Morgan fingerprint density at radius 3 is 2.82 bits per heavy atom. The van der Waals surface area contributed by atoms with E-state index in [4.69, 9.17) is 0 Å². The van der Waals surface area contributed by atoms with E-state index < -0.39 is 11.9 Å². The number of halogens is 3. The first kappa shape index (κ1) is 10.4. The van der Waals surface area contributed by atoms with E-state index in [1.165, 1.54) is 11.0 Å². The molecule has 1 aromatic rings. The van der Waals surface area contributed by atoms with Crippen LogP contribution in [0.3, 0.4) is 0 Å². The van der Waals surface area contributed by atoms with Gasteiger partial charge in [-0.25, -0.2) is 4.79 Å². The molecule has 7 heteroatoms. The van der Waals surface area contributed by atoms with Crippen molar-refractivity contribution in [3.8, 4) is 0 Å². The van der Waals surface area contributed by atoms with Gasteiger partial charge in [-0.2, -0.15) is 13.2 Å². The summed E-state index contributed by atoms with van der Waals surface area (Å²) in [7, 11) is 0. The van der Waals surface area contributed by atoms with E-state index in [1.807, 2.05) is 0 Å². The van der Waals surface area contributed by atoms with E-state index in [-0.39, 0.29) is 23.8 Å². The molecule has 3 rings (SSSR count). The number of nitrogens with one attached hydrogen (secondary N) is 1. The van der Waals surface area contributed by atoms with Gasteiger partial charge in [-0.15, -0.1) is 0 Å². The third-order valence-corrected chi connectivity index (χ3v) is 2.93. The van der Waals surface area contributed by atoms with Gasteiger partial charge in [0, 0.05) is 11.9 Å². The van der Waals surface area contributed by atoms with Crippen molar-refractivity contribution in [1.29, 1.82) is 0 Å². The molecule has 1 N–H and O–H groups in total. The van der Waals surface area contributed by atoms with Gasteiger partial charge in [0.2, 0.25) is 0 Å². The van der Waals surface area contributed by atoms with E-state index >= 15 is 0 Å². The standard InChI is InChI=1S/C10H8F3N3O/c11-10(12,13)8-3-5(1-2-14-8)16-7-4-6(7)15-9(16)17/h1-3,6-7H,4H2,(H,15,17). The molecule has 2 atom stereocenters. The van der Waals surface area contributed by atoms with Crippen molar-refractivity contribution in [1.82, 2.24) is 10.3 Å². The lowest BCUT2D eigenvalue weighted by molar-refractivity contribution is -0.141. The van der Waals surface area contributed by atoms with Gasteiger partial charge in [-0.3, -0.25) is 9.88 Å². The minimum Gasteiger partial charge on any atom is -0.333 e. The van der Waals surface area contributed by atoms with Crippen molar-refractivity contribution in [2.45, 2.75) is 24.7 Å². The smallest absolute Gasteiger partial charge is 0.333 e. The van der Waals surface area contributed by atoms with Crippen LogP contribution >= 0.6 is 0 Å². The maximum Gasteiger partial charge on any atom is 0.433 e. The van der Waals surface area contributed by atoms with Crippen molar-refractivity contribution in [2.75, 3.05) is 4.90 Å². The maximum absolute atomic E-state index is 12.5. The van der Waals surface area contributed by atoms with Gasteiger partial charge >= 0.3 is 12.2 Å². The normalized spacial score (nSPS) is 26.8. The first-order chi connectivity index (χ1) is 7.97. The molecular formula is C10H8F3N3O. The molecular weight excluding hydrogens is 235 g/mol. The first-order valence-electron chi connectivity index (χ1n) is 5.10. The predicted octanol–water partition coefficient (Wildman–Crippen LogP) is 1.77. The molecule has 1 saturated carbocycles. The number of urea groups is 1. The number of fused-ring (bicyclic) bond motifs is 1. The number of alkyl halides is 3. The number of hydrogen-bond donors (Lipinski definition) is 1. The predicted molar refractivity (Wildman–Crippen MR) is 52.4 cm³/mol. The van der Waals surface area contributed by atoms with Crippen LogP contribution in [0.2, 0.25) is 0 Å². The minimum atomic E-state index is -4.49. The largest absolute Gasteiger partial charge is 0.433 e. The number of carbonyl (C=O) groups excluding carboxylic acids is 1. The van der Waals surface area contributed by atoms with Crippen LogP contribution in [0.15, 0.2) is 18.3 Å². The molecule has 1 saturated heterocycles. The number of nitrogens with zero attached hydrogens (tertiary/aromatic N) is 2. The monoisotopic (exact) mass is 243 g/mol. The number of rotatable bonds is 1. The highest BCUT2D eigenvalue weighted by molar-refractivity contribution is 5.97. The molecule has 1 aliphatic heterocycles. The van der Waals surface area contributed by atoms with Crippen LogP contribution in [0.4, 0.5) is 23.7 Å². The average molecular weight is 243 g/mol. The molecule has 2 amide bonds. The van der Waals surface area contributed by atoms with Gasteiger partial charge in [0.25, 0.3) is 0 Å². The second-order valence-corrected chi connectivity index (χ2v) is 4.13. The highest BCUT2D eigenvalue weighted by atomic mass is 19.4. The van der Waals surface area contributed by atoms with Crippen LogP contribution in [-0.4, -0.2) is 23.1 Å². The number of hydrogen-bond acceptors (Lipinski definition) is 2. The molecule has 0 bridgehead atoms. The molecule has 2 aliphatic rings. The summed E-state index contributed by atoms with van der Waals surface area (Å²) in [6, 6.07) is 2.05. The van der Waals surface area contributed by atoms with Crippen molar-refractivity contribution >= 4 is 11.7 Å². The molecule has 1 aromatic heterocycles. The van der Waals surface area contributed by atoms with Gasteiger partial charge in [0.05, 0.1) is 12.1 Å². The fraction of sp³-hybridized carbons (Fsp3) is 0.400. The SMILES string of the molecule is O=C1NC2CC2N1c1ccnc(C(F)(F)F)c1. The Kier molecular flexibility index (Phi) is 1.90. The first-order valence-corrected chi connectivity index (χ1v) is 5.10. The van der Waals surface area contributed by atoms with Crippen molar-refractivity contribution in [3.05, 3.63) is 24.0 Å². The van der Waals surface area contributed by atoms with E-state index in [1.54, 1.807) is 0 Å². The van der Waals surface area contributed by atoms with E-state index in [2.05, 4.69) is 10.3 Å². The van der Waals surface area contributed by atoms with Crippen molar-refractivity contribution in [2.24, 2.45) is 0 Å². The Morgan fingerprint density at radius 1 is 1.47 bits per heavy atom. The third-order valence-electron chi connectivity index (χ3n) is 2.93. The molecule has 17 heavy (non-hydrogen) atoms. The van der Waals surface area contributed by atoms with Gasteiger partial charge in [-0.05, 0) is 18.6 Å². The van der Waals surface area contributed by atoms with Crippen LogP contribution in [0.5, 0.6) is 0 Å². The number of carbonyl (C=O) groups is 1. The molecule has 2 unspecified atom stereocenters. The molecule has 0 radical (unpaired) electrons. The minimum absolute atomic E-state index is 0.00835. The quantitative estimate of drug-likeness (QED) is 0.817. The topological polar surface area (TPSA) is 45.2 Å². The van der Waals surface area contributed by atoms with Gasteiger partial charge in [-0.1, -0.05) is 0 Å². The zero-order valence-electron chi connectivity index (χ0n) is 8.53. The summed E-state index contributed by atoms with van der Waals surface area (Å²) in [5.74, 6) is 0. The van der Waals surface area contributed by atoms with Crippen LogP contribution in [0.1, 0.15) is 12.1 Å². The van der Waals surface area contributed by atoms with Crippen LogP contribution in [0, 0.1) is 0 Å². The lowest BCUT2D eigenvalue weighted by Gasteiger charge is -2.18. The molecule has 0 aromatic carbocycles. The summed E-state index contributed by atoms with van der Waals surface area (Å²) in [6.07, 6.45) is -2.63. The summed E-state index contributed by atoms with van der Waals surface area (Å²) in [5, 5.41) is 2.68. The number of pyridine rings is 1. The summed E-state index contributed by atoms with van der Waals surface area (Å²) >= 11 is 0. The molecule has 2 heterocycles. The second kappa shape index (κ2) is 3.12. The summed E-state index contributed by atoms with van der Waals surface area (Å²) in [6.45, 7) is 0. The summed E-state index contributed by atoms with van der Waals surface area (Å²) in [5.41, 5.74) is -0.735. The molecule has 1 aliphatic carbocycles. The average Bonchev–Trinajstić information content (AvgIpc) is 2.90. The summed E-state index contributed by atoms with van der Waals surface area (Å²) < 4.78 is 37.4. The van der Waals surface area contributed by atoms with Gasteiger partial charge < -0.3 is 5.32 Å². The zero-order chi connectivity index (χ0) is 12.2. The summed E-state index contributed by atoms with van der Waals surface area (Å²) in [4.78, 5) is 16.1. The Hall–Kier alpha value is -1.79. The van der Waals surface area contributed by atoms with Gasteiger partial charge in [0.15, 0.2) is 0 Å².